The molecule has 2 heterocycles. The highest BCUT2D eigenvalue weighted by Crippen LogP contribution is 2.21. The lowest BCUT2D eigenvalue weighted by Gasteiger charge is -1.95. The molecule has 0 saturated carbocycles. The molecule has 0 amide bonds. The minimum atomic E-state index is 0.238. The van der Waals surface area contributed by atoms with E-state index < -0.39 is 0 Å². The predicted octanol–water partition coefficient (Wildman–Crippen LogP) is 3.85. The minimum absolute atomic E-state index is 0.238. The molecule has 2 aromatic heterocycles. The normalized spacial score (nSPS) is 11.0. The van der Waals surface area contributed by atoms with Crippen LogP contribution in [-0.4, -0.2) is 30.3 Å². The van der Waals surface area contributed by atoms with Crippen LogP contribution in [0.15, 0.2) is 57.5 Å². The van der Waals surface area contributed by atoms with Crippen molar-refractivity contribution in [3.05, 3.63) is 63.9 Å². The van der Waals surface area contributed by atoms with Gasteiger partial charge in [0.1, 0.15) is 6.54 Å². The molecule has 0 aliphatic heterocycles. The quantitative estimate of drug-likeness (QED) is 0.501. The van der Waals surface area contributed by atoms with Crippen LogP contribution in [-0.2, 0) is 6.54 Å². The van der Waals surface area contributed by atoms with Gasteiger partial charge in [-0.1, -0.05) is 44.8 Å². The average Bonchev–Trinajstić information content (AvgIpc) is 3.26. The summed E-state index contributed by atoms with van der Waals surface area (Å²) >= 11 is 9.30. The smallest absolute Gasteiger partial charge is 0.250 e. The van der Waals surface area contributed by atoms with E-state index in [0.717, 1.165) is 15.6 Å². The molecule has 0 fully saturated rings. The van der Waals surface area contributed by atoms with Crippen molar-refractivity contribution >= 4 is 27.5 Å². The van der Waals surface area contributed by atoms with E-state index in [4.69, 9.17) is 16.1 Å². The number of aromatic nitrogens is 6. The van der Waals surface area contributed by atoms with E-state index in [2.05, 4.69) is 41.5 Å². The fourth-order valence-corrected chi connectivity index (χ4v) is 2.73. The first-order valence-corrected chi connectivity index (χ1v) is 8.47. The Morgan fingerprint density at radius 3 is 2.68 bits per heavy atom. The first kappa shape index (κ1) is 15.9. The second-order valence-electron chi connectivity index (χ2n) is 5.17. The van der Waals surface area contributed by atoms with Gasteiger partial charge in [-0.15, -0.1) is 10.2 Å². The molecule has 0 aliphatic rings. The zero-order valence-electron chi connectivity index (χ0n) is 12.7. The number of rotatable bonds is 4. The molecule has 9 heteroatoms. The van der Waals surface area contributed by atoms with Crippen LogP contribution in [0.3, 0.4) is 0 Å². The van der Waals surface area contributed by atoms with Crippen molar-refractivity contribution in [1.82, 2.24) is 30.3 Å². The molecule has 0 spiro atoms. The molecular formula is C16H10BrClN6O. The van der Waals surface area contributed by atoms with Crippen LogP contribution < -0.4 is 0 Å². The molecule has 0 saturated heterocycles. The van der Waals surface area contributed by atoms with Crippen LogP contribution in [0.1, 0.15) is 5.89 Å². The molecule has 0 atom stereocenters. The van der Waals surface area contributed by atoms with Crippen molar-refractivity contribution in [3.8, 4) is 22.8 Å². The van der Waals surface area contributed by atoms with Gasteiger partial charge in [-0.05, 0) is 41.6 Å². The Morgan fingerprint density at radius 2 is 1.88 bits per heavy atom. The van der Waals surface area contributed by atoms with Crippen molar-refractivity contribution < 1.29 is 4.52 Å². The Labute approximate surface area is 155 Å². The second-order valence-corrected chi connectivity index (χ2v) is 6.52. The summed E-state index contributed by atoms with van der Waals surface area (Å²) in [4.78, 5) is 5.77. The highest BCUT2D eigenvalue weighted by molar-refractivity contribution is 9.10. The van der Waals surface area contributed by atoms with Crippen LogP contribution in [0.5, 0.6) is 0 Å². The first-order chi connectivity index (χ1) is 12.2. The Bertz CT molecular complexity index is 1010. The van der Waals surface area contributed by atoms with Crippen LogP contribution in [0.25, 0.3) is 22.8 Å². The largest absolute Gasteiger partial charge is 0.337 e. The van der Waals surface area contributed by atoms with Gasteiger partial charge in [-0.2, -0.15) is 9.78 Å². The Hall–Kier alpha value is -2.58. The van der Waals surface area contributed by atoms with Crippen molar-refractivity contribution in [1.29, 1.82) is 0 Å². The van der Waals surface area contributed by atoms with Gasteiger partial charge in [0.25, 0.3) is 5.89 Å². The summed E-state index contributed by atoms with van der Waals surface area (Å²) in [5, 5.41) is 17.0. The summed E-state index contributed by atoms with van der Waals surface area (Å²) in [5.74, 6) is 1.41. The molecule has 0 bridgehead atoms. The lowest BCUT2D eigenvalue weighted by molar-refractivity contribution is 0.356. The molecule has 7 nitrogen and oxygen atoms in total. The van der Waals surface area contributed by atoms with E-state index >= 15 is 0 Å². The topological polar surface area (TPSA) is 82.5 Å². The van der Waals surface area contributed by atoms with E-state index in [1.165, 1.54) is 4.80 Å². The molecule has 25 heavy (non-hydrogen) atoms. The lowest BCUT2D eigenvalue weighted by Crippen LogP contribution is -2.04. The Balaban J connectivity index is 1.52. The molecule has 0 N–H and O–H groups in total. The van der Waals surface area contributed by atoms with Crippen molar-refractivity contribution in [2.24, 2.45) is 0 Å². The zero-order valence-corrected chi connectivity index (χ0v) is 15.0. The molecule has 4 aromatic rings. The van der Waals surface area contributed by atoms with Gasteiger partial charge in [-0.25, -0.2) is 0 Å². The number of nitrogens with zero attached hydrogens (tertiary/aromatic N) is 6. The summed E-state index contributed by atoms with van der Waals surface area (Å²) in [6, 6.07) is 14.9. The number of tetrazole rings is 1. The second kappa shape index (κ2) is 6.73. The molecule has 0 aliphatic carbocycles. The maximum atomic E-state index is 5.88. The van der Waals surface area contributed by atoms with Crippen LogP contribution in [0, 0.1) is 0 Å². The van der Waals surface area contributed by atoms with E-state index in [0.29, 0.717) is 22.6 Å². The van der Waals surface area contributed by atoms with Gasteiger partial charge in [0.05, 0.1) is 0 Å². The van der Waals surface area contributed by atoms with E-state index in [-0.39, 0.29) is 6.54 Å². The summed E-state index contributed by atoms with van der Waals surface area (Å²) < 4.78 is 6.22. The highest BCUT2D eigenvalue weighted by atomic mass is 79.9. The number of halogens is 2. The lowest BCUT2D eigenvalue weighted by atomic mass is 10.2. The maximum Gasteiger partial charge on any atom is 0.250 e. The molecule has 2 aromatic carbocycles. The average molecular weight is 418 g/mol. The number of hydrogen-bond donors (Lipinski definition) is 0. The monoisotopic (exact) mass is 416 g/mol. The van der Waals surface area contributed by atoms with Crippen LogP contribution in [0.2, 0.25) is 5.02 Å². The molecule has 124 valence electrons. The zero-order chi connectivity index (χ0) is 17.2. The van der Waals surface area contributed by atoms with Gasteiger partial charge >= 0.3 is 0 Å². The molecular weight excluding hydrogens is 408 g/mol. The van der Waals surface area contributed by atoms with Gasteiger partial charge < -0.3 is 4.52 Å². The minimum Gasteiger partial charge on any atom is -0.337 e. The van der Waals surface area contributed by atoms with E-state index in [1.54, 1.807) is 12.1 Å². The van der Waals surface area contributed by atoms with Gasteiger partial charge in [-0.3, -0.25) is 0 Å². The third-order valence-corrected chi connectivity index (χ3v) is 4.13. The molecule has 4 rings (SSSR count). The number of hydrogen-bond acceptors (Lipinski definition) is 6. The van der Waals surface area contributed by atoms with Crippen molar-refractivity contribution in [2.75, 3.05) is 0 Å². The number of benzene rings is 2. The summed E-state index contributed by atoms with van der Waals surface area (Å²) in [6.45, 7) is 0.238. The standard InChI is InChI=1S/C16H10BrClN6O/c17-12-3-1-2-11(8-12)15-19-14(25-22-15)9-24-21-16(20-23-24)10-4-6-13(18)7-5-10/h1-8H,9H2. The summed E-state index contributed by atoms with van der Waals surface area (Å²) in [7, 11) is 0. The fraction of sp³-hybridized carbons (Fsp3) is 0.0625. The summed E-state index contributed by atoms with van der Waals surface area (Å²) in [5.41, 5.74) is 1.69. The third kappa shape index (κ3) is 3.59. The Morgan fingerprint density at radius 1 is 1.04 bits per heavy atom. The van der Waals surface area contributed by atoms with Crippen LogP contribution in [0.4, 0.5) is 0 Å². The summed E-state index contributed by atoms with van der Waals surface area (Å²) in [6.07, 6.45) is 0. The maximum absolute atomic E-state index is 5.88. The Kier molecular flexibility index (Phi) is 4.29. The SMILES string of the molecule is Clc1ccc(-c2nnn(Cc3nc(-c4cccc(Br)c4)no3)n2)cc1. The molecule has 0 unspecified atom stereocenters. The predicted molar refractivity (Wildman–Crippen MR) is 94.8 cm³/mol. The van der Waals surface area contributed by atoms with E-state index in [1.807, 2.05) is 36.4 Å². The van der Waals surface area contributed by atoms with Crippen LogP contribution >= 0.6 is 27.5 Å². The van der Waals surface area contributed by atoms with Crippen molar-refractivity contribution in [3.63, 3.8) is 0 Å². The third-order valence-electron chi connectivity index (χ3n) is 3.38. The van der Waals surface area contributed by atoms with Gasteiger partial charge in [0, 0.05) is 20.6 Å². The van der Waals surface area contributed by atoms with Gasteiger partial charge in [0.15, 0.2) is 0 Å². The van der Waals surface area contributed by atoms with E-state index in [9.17, 15) is 0 Å². The van der Waals surface area contributed by atoms with Crippen molar-refractivity contribution in [2.45, 2.75) is 6.54 Å². The molecule has 0 radical (unpaired) electrons. The van der Waals surface area contributed by atoms with Gasteiger partial charge in [0.2, 0.25) is 11.6 Å². The highest BCUT2D eigenvalue weighted by Gasteiger charge is 2.12. The fourth-order valence-electron chi connectivity index (χ4n) is 2.21. The first-order valence-electron chi connectivity index (χ1n) is 7.30.